The molecule has 2 fully saturated rings. The molecule has 0 spiro atoms. The number of para-hydroxylation sites is 1. The SMILES string of the molecule is CN(CCNC[C@H](O)c1ccc(O)c2[nH]c(=O)ccc12)C(=O)CCOCCc1ccc(CN2CC3CC(OC(=O)Nc4ccccc4-c4ccccc4)C[C@@H]3C2)cc1. The molecule has 12 nitrogen and oxygen atoms in total. The van der Waals surface area contributed by atoms with Gasteiger partial charge in [0, 0.05) is 63.3 Å². The second kappa shape index (κ2) is 19.3. The van der Waals surface area contributed by atoms with Gasteiger partial charge in [-0.2, -0.15) is 0 Å². The summed E-state index contributed by atoms with van der Waals surface area (Å²) in [7, 11) is 1.75. The summed E-state index contributed by atoms with van der Waals surface area (Å²) in [4.78, 5) is 44.0. The largest absolute Gasteiger partial charge is 0.506 e. The Balaban J connectivity index is 0.743. The van der Waals surface area contributed by atoms with Gasteiger partial charge in [0.15, 0.2) is 0 Å². The molecule has 4 aromatic carbocycles. The third-order valence-corrected chi connectivity index (χ3v) is 11.4. The van der Waals surface area contributed by atoms with E-state index in [0.717, 1.165) is 55.7 Å². The topological polar surface area (TPSA) is 156 Å². The van der Waals surface area contributed by atoms with Crippen LogP contribution in [0.4, 0.5) is 10.5 Å². The zero-order valence-corrected chi connectivity index (χ0v) is 32.9. The normalized spacial score (nSPS) is 18.2. The molecule has 2 amide bonds. The van der Waals surface area contributed by atoms with Crippen molar-refractivity contribution >= 4 is 28.6 Å². The number of nitrogens with one attached hydrogen (secondary N) is 3. The zero-order chi connectivity index (χ0) is 40.4. The number of benzene rings is 4. The molecule has 4 atom stereocenters. The van der Waals surface area contributed by atoms with Crippen molar-refractivity contribution in [2.24, 2.45) is 11.8 Å². The fraction of sp³-hybridized carbons (Fsp3) is 0.370. The van der Waals surface area contributed by atoms with Gasteiger partial charge in [0.1, 0.15) is 11.9 Å². The lowest BCUT2D eigenvalue weighted by Crippen LogP contribution is -2.35. The lowest BCUT2D eigenvalue weighted by molar-refractivity contribution is -0.131. The number of rotatable bonds is 17. The van der Waals surface area contributed by atoms with Gasteiger partial charge in [-0.1, -0.05) is 78.9 Å². The van der Waals surface area contributed by atoms with E-state index in [-0.39, 0.29) is 36.3 Å². The third kappa shape index (κ3) is 10.5. The summed E-state index contributed by atoms with van der Waals surface area (Å²) in [5, 5.41) is 27.6. The molecule has 58 heavy (non-hydrogen) atoms. The van der Waals surface area contributed by atoms with Gasteiger partial charge in [0.25, 0.3) is 0 Å². The van der Waals surface area contributed by atoms with E-state index in [9.17, 15) is 24.6 Å². The molecule has 1 saturated heterocycles. The first kappa shape index (κ1) is 40.7. The Hall–Kier alpha value is -5.53. The molecule has 1 aromatic heterocycles. The molecule has 12 heteroatoms. The number of hydrogen-bond acceptors (Lipinski definition) is 9. The van der Waals surface area contributed by atoms with Crippen LogP contribution in [-0.4, -0.2) is 96.1 Å². The van der Waals surface area contributed by atoms with Crippen LogP contribution in [-0.2, 0) is 27.2 Å². The number of ether oxygens (including phenoxy) is 2. The molecule has 2 unspecified atom stereocenters. The predicted molar refractivity (Wildman–Crippen MR) is 225 cm³/mol. The number of aliphatic hydroxyl groups is 1. The minimum Gasteiger partial charge on any atom is -0.506 e. The summed E-state index contributed by atoms with van der Waals surface area (Å²) in [6.45, 7) is 5.01. The number of likely N-dealkylation sites (tertiary alicyclic amines) is 1. The zero-order valence-electron chi connectivity index (χ0n) is 32.9. The third-order valence-electron chi connectivity index (χ3n) is 11.4. The number of phenolic OH excluding ortho intramolecular Hbond substituents is 1. The van der Waals surface area contributed by atoms with Crippen LogP contribution in [0.1, 0.15) is 42.1 Å². The van der Waals surface area contributed by atoms with Crippen LogP contribution in [0.5, 0.6) is 5.75 Å². The number of aromatic nitrogens is 1. The molecule has 5 N–H and O–H groups in total. The van der Waals surface area contributed by atoms with Crippen LogP contribution in [0.25, 0.3) is 22.0 Å². The van der Waals surface area contributed by atoms with Crippen LogP contribution in [0.3, 0.4) is 0 Å². The molecule has 304 valence electrons. The van der Waals surface area contributed by atoms with Crippen molar-refractivity contribution in [1.82, 2.24) is 20.1 Å². The minimum absolute atomic E-state index is 0.0135. The number of hydrogen-bond donors (Lipinski definition) is 5. The molecule has 0 bridgehead atoms. The molecular weight excluding hydrogens is 735 g/mol. The molecule has 1 aliphatic carbocycles. The van der Waals surface area contributed by atoms with Gasteiger partial charge in [-0.25, -0.2) is 4.79 Å². The first-order valence-electron chi connectivity index (χ1n) is 20.2. The van der Waals surface area contributed by atoms with Gasteiger partial charge in [-0.15, -0.1) is 0 Å². The quantitative estimate of drug-likeness (QED) is 0.0705. The summed E-state index contributed by atoms with van der Waals surface area (Å²) in [6, 6.07) is 32.5. The van der Waals surface area contributed by atoms with E-state index < -0.39 is 12.2 Å². The van der Waals surface area contributed by atoms with Gasteiger partial charge in [-0.05, 0) is 71.6 Å². The van der Waals surface area contributed by atoms with Crippen molar-refractivity contribution < 1.29 is 29.3 Å². The minimum atomic E-state index is -0.862. The van der Waals surface area contributed by atoms with E-state index in [1.165, 1.54) is 23.3 Å². The molecule has 1 saturated carbocycles. The highest BCUT2D eigenvalue weighted by molar-refractivity contribution is 5.91. The van der Waals surface area contributed by atoms with Crippen LogP contribution < -0.4 is 16.2 Å². The van der Waals surface area contributed by atoms with Gasteiger partial charge in [-0.3, -0.25) is 19.8 Å². The first-order chi connectivity index (χ1) is 28.2. The average molecular weight is 788 g/mol. The Labute approximate surface area is 338 Å². The molecule has 2 aliphatic rings. The molecule has 1 aliphatic heterocycles. The Morgan fingerprint density at radius 2 is 1.62 bits per heavy atom. The summed E-state index contributed by atoms with van der Waals surface area (Å²) >= 11 is 0. The highest BCUT2D eigenvalue weighted by Gasteiger charge is 2.42. The van der Waals surface area contributed by atoms with E-state index >= 15 is 0 Å². The molecule has 0 radical (unpaired) electrons. The number of aromatic hydroxyl groups is 1. The summed E-state index contributed by atoms with van der Waals surface area (Å²) in [6.07, 6.45) is 1.53. The van der Waals surface area contributed by atoms with E-state index in [1.807, 2.05) is 54.6 Å². The summed E-state index contributed by atoms with van der Waals surface area (Å²) in [5.74, 6) is 0.992. The molecule has 2 heterocycles. The number of nitrogens with zero attached hydrogens (tertiary/aromatic N) is 2. The van der Waals surface area contributed by atoms with Gasteiger partial charge in [0.05, 0.1) is 36.9 Å². The Bertz CT molecular complexity index is 2200. The average Bonchev–Trinajstić information content (AvgIpc) is 3.78. The highest BCUT2D eigenvalue weighted by Crippen LogP contribution is 2.40. The first-order valence-corrected chi connectivity index (χ1v) is 20.2. The van der Waals surface area contributed by atoms with E-state index in [4.69, 9.17) is 9.47 Å². The number of H-pyrrole nitrogens is 1. The number of pyridine rings is 1. The predicted octanol–water partition coefficient (Wildman–Crippen LogP) is 6.09. The number of aromatic amines is 1. The maximum absolute atomic E-state index is 12.9. The van der Waals surface area contributed by atoms with Gasteiger partial charge >= 0.3 is 6.09 Å². The van der Waals surface area contributed by atoms with Crippen molar-refractivity contribution in [3.8, 4) is 16.9 Å². The van der Waals surface area contributed by atoms with Crippen LogP contribution in [0, 0.1) is 11.8 Å². The Morgan fingerprint density at radius 3 is 2.40 bits per heavy atom. The summed E-state index contributed by atoms with van der Waals surface area (Å²) < 4.78 is 11.7. The second-order valence-corrected chi connectivity index (χ2v) is 15.5. The lowest BCUT2D eigenvalue weighted by Gasteiger charge is -2.20. The van der Waals surface area contributed by atoms with Crippen LogP contribution >= 0.6 is 0 Å². The summed E-state index contributed by atoms with van der Waals surface area (Å²) in [5.41, 5.74) is 5.78. The Kier molecular flexibility index (Phi) is 13.5. The van der Waals surface area contributed by atoms with Crippen LogP contribution in [0.15, 0.2) is 108 Å². The fourth-order valence-electron chi connectivity index (χ4n) is 8.30. The van der Waals surface area contributed by atoms with Crippen molar-refractivity contribution in [1.29, 1.82) is 0 Å². The molecule has 5 aromatic rings. The number of amides is 2. The van der Waals surface area contributed by atoms with Crippen molar-refractivity contribution in [2.75, 3.05) is 58.3 Å². The monoisotopic (exact) mass is 787 g/mol. The lowest BCUT2D eigenvalue weighted by atomic mass is 10.0. The number of aliphatic hydroxyl groups excluding tert-OH is 1. The van der Waals surface area contributed by atoms with Crippen molar-refractivity contribution in [3.63, 3.8) is 0 Å². The number of anilines is 1. The van der Waals surface area contributed by atoms with Gasteiger partial charge in [0.2, 0.25) is 11.5 Å². The number of carbonyl (C=O) groups excluding carboxylic acids is 2. The smallest absolute Gasteiger partial charge is 0.411 e. The highest BCUT2D eigenvalue weighted by atomic mass is 16.6. The fourth-order valence-corrected chi connectivity index (χ4v) is 8.30. The van der Waals surface area contributed by atoms with E-state index in [1.54, 1.807) is 24.1 Å². The maximum atomic E-state index is 12.9. The van der Waals surface area contributed by atoms with Crippen molar-refractivity contribution in [2.45, 2.75) is 44.4 Å². The standard InChI is InChI=1S/C46H53N5O7/c1-50(22-21-47-27-42(53)38-15-17-41(52)45-39(38)16-18-43(54)49-45)44(55)20-24-57-23-19-31-11-13-32(14-12-31)28-51-29-34-25-36(26-35(34)30-51)58-46(56)48-40-10-6-5-9-37(40)33-7-3-2-4-8-33/h2-18,34-36,42,47,52-53H,19-30H2,1H3,(H,48,56)(H,49,54)/t34-,35?,36?,42+/m1/s1. The number of fused-ring (bicyclic) bond motifs is 2. The Morgan fingerprint density at radius 1 is 0.897 bits per heavy atom. The number of likely N-dealkylation sites (N-methyl/N-ethyl adjacent to an activating group) is 1. The van der Waals surface area contributed by atoms with E-state index in [0.29, 0.717) is 54.6 Å². The number of phenols is 1. The second-order valence-electron chi connectivity index (χ2n) is 15.5. The maximum Gasteiger partial charge on any atom is 0.411 e. The number of carbonyl (C=O) groups is 2. The van der Waals surface area contributed by atoms with Gasteiger partial charge < -0.3 is 34.9 Å². The van der Waals surface area contributed by atoms with Crippen molar-refractivity contribution in [3.05, 3.63) is 130 Å². The molecule has 7 rings (SSSR count). The van der Waals surface area contributed by atoms with E-state index in [2.05, 4.69) is 44.8 Å². The van der Waals surface area contributed by atoms with Crippen LogP contribution in [0.2, 0.25) is 0 Å². The molecular formula is C46H53N5O7.